The summed E-state index contributed by atoms with van der Waals surface area (Å²) in [5, 5.41) is 0. The van der Waals surface area contributed by atoms with Crippen molar-refractivity contribution in [1.82, 2.24) is 0 Å². The van der Waals surface area contributed by atoms with Gasteiger partial charge in [-0.3, -0.25) is 0 Å². The summed E-state index contributed by atoms with van der Waals surface area (Å²) in [5.74, 6) is 1.20. The molecule has 2 rings (SSSR count). The quantitative estimate of drug-likeness (QED) is 0.685. The first-order valence-electron chi connectivity index (χ1n) is 8.04. The standard InChI is InChI=1S/C20H28N/c1-7-15(4)17-8-10-19(16(5)12-17)20-11-9-18(14(2)3)13-21(20)6/h8-15H,7H2,1-6H3/q+1. The van der Waals surface area contributed by atoms with Gasteiger partial charge in [0.1, 0.15) is 7.05 Å². The fourth-order valence-electron chi connectivity index (χ4n) is 2.77. The molecular weight excluding hydrogens is 254 g/mol. The average molecular weight is 282 g/mol. The van der Waals surface area contributed by atoms with E-state index in [0.29, 0.717) is 11.8 Å². The van der Waals surface area contributed by atoms with E-state index in [0.717, 1.165) is 0 Å². The fourth-order valence-corrected chi connectivity index (χ4v) is 2.77. The van der Waals surface area contributed by atoms with Gasteiger partial charge in [-0.2, -0.15) is 0 Å². The van der Waals surface area contributed by atoms with Gasteiger partial charge in [-0.05, 0) is 48.4 Å². The molecule has 0 spiro atoms. The lowest BCUT2D eigenvalue weighted by atomic mass is 9.93. The van der Waals surface area contributed by atoms with E-state index in [2.05, 4.69) is 82.8 Å². The Morgan fingerprint density at radius 3 is 2.19 bits per heavy atom. The van der Waals surface area contributed by atoms with Gasteiger partial charge in [0.15, 0.2) is 6.20 Å². The maximum absolute atomic E-state index is 2.35. The van der Waals surface area contributed by atoms with Crippen LogP contribution in [0.25, 0.3) is 11.3 Å². The average Bonchev–Trinajstić information content (AvgIpc) is 2.46. The Morgan fingerprint density at radius 1 is 1.00 bits per heavy atom. The summed E-state index contributed by atoms with van der Waals surface area (Å²) < 4.78 is 2.25. The van der Waals surface area contributed by atoms with Gasteiger partial charge in [0.25, 0.3) is 0 Å². The predicted molar refractivity (Wildman–Crippen MR) is 90.6 cm³/mol. The zero-order chi connectivity index (χ0) is 15.6. The molecule has 0 aliphatic heterocycles. The molecule has 0 bridgehead atoms. The number of aromatic nitrogens is 1. The zero-order valence-electron chi connectivity index (χ0n) is 14.3. The SMILES string of the molecule is CCC(C)c1ccc(-c2ccc(C(C)C)c[n+]2C)c(C)c1. The summed E-state index contributed by atoms with van der Waals surface area (Å²) >= 11 is 0. The van der Waals surface area contributed by atoms with Crippen LogP contribution in [0, 0.1) is 6.92 Å². The molecule has 0 radical (unpaired) electrons. The van der Waals surface area contributed by atoms with Crippen molar-refractivity contribution in [3.05, 3.63) is 53.2 Å². The van der Waals surface area contributed by atoms with E-state index in [9.17, 15) is 0 Å². The van der Waals surface area contributed by atoms with E-state index in [4.69, 9.17) is 0 Å². The second-order valence-electron chi connectivity index (χ2n) is 6.50. The van der Waals surface area contributed by atoms with Crippen LogP contribution < -0.4 is 4.57 Å². The number of pyridine rings is 1. The second-order valence-corrected chi connectivity index (χ2v) is 6.50. The van der Waals surface area contributed by atoms with Crippen molar-refractivity contribution < 1.29 is 4.57 Å². The molecule has 0 aliphatic rings. The van der Waals surface area contributed by atoms with Gasteiger partial charge in [-0.25, -0.2) is 4.57 Å². The summed E-state index contributed by atoms with van der Waals surface area (Å²) in [6.45, 7) is 11.2. The lowest BCUT2D eigenvalue weighted by molar-refractivity contribution is -0.660. The number of hydrogen-bond acceptors (Lipinski definition) is 0. The highest BCUT2D eigenvalue weighted by Crippen LogP contribution is 2.26. The molecule has 1 aromatic carbocycles. The molecule has 1 aromatic heterocycles. The Bertz CT molecular complexity index is 626. The monoisotopic (exact) mass is 282 g/mol. The van der Waals surface area contributed by atoms with Gasteiger partial charge < -0.3 is 0 Å². The van der Waals surface area contributed by atoms with Gasteiger partial charge in [0.05, 0.1) is 0 Å². The molecule has 1 nitrogen and oxygen atoms in total. The van der Waals surface area contributed by atoms with Crippen molar-refractivity contribution in [1.29, 1.82) is 0 Å². The van der Waals surface area contributed by atoms with Crippen molar-refractivity contribution in [2.24, 2.45) is 7.05 Å². The highest BCUT2D eigenvalue weighted by molar-refractivity contribution is 5.61. The van der Waals surface area contributed by atoms with Gasteiger partial charge in [-0.15, -0.1) is 0 Å². The Kier molecular flexibility index (Phi) is 4.82. The molecule has 0 fully saturated rings. The molecule has 1 heteroatoms. The van der Waals surface area contributed by atoms with Crippen LogP contribution in [0.3, 0.4) is 0 Å². The first kappa shape index (κ1) is 15.8. The molecule has 0 saturated heterocycles. The maximum Gasteiger partial charge on any atom is 0.212 e. The Hall–Kier alpha value is -1.63. The molecule has 1 unspecified atom stereocenters. The van der Waals surface area contributed by atoms with E-state index in [1.54, 1.807) is 0 Å². The van der Waals surface area contributed by atoms with E-state index in [1.165, 1.54) is 34.4 Å². The van der Waals surface area contributed by atoms with Crippen molar-refractivity contribution >= 4 is 0 Å². The third-order valence-corrected chi connectivity index (χ3v) is 4.53. The summed E-state index contributed by atoms with van der Waals surface area (Å²) in [6.07, 6.45) is 3.44. The van der Waals surface area contributed by atoms with Crippen LogP contribution >= 0.6 is 0 Å². The van der Waals surface area contributed by atoms with Crippen LogP contribution in [0.5, 0.6) is 0 Å². The number of aryl methyl sites for hydroxylation is 2. The van der Waals surface area contributed by atoms with Gasteiger partial charge in [0, 0.05) is 17.2 Å². The van der Waals surface area contributed by atoms with Crippen molar-refractivity contribution in [3.8, 4) is 11.3 Å². The molecule has 0 N–H and O–H groups in total. The summed E-state index contributed by atoms with van der Waals surface area (Å²) in [7, 11) is 2.14. The molecule has 0 amide bonds. The van der Waals surface area contributed by atoms with Crippen molar-refractivity contribution in [2.45, 2.75) is 52.9 Å². The highest BCUT2D eigenvalue weighted by atomic mass is 14.9. The maximum atomic E-state index is 2.35. The van der Waals surface area contributed by atoms with Gasteiger partial charge in [-0.1, -0.05) is 39.8 Å². The third-order valence-electron chi connectivity index (χ3n) is 4.53. The normalized spacial score (nSPS) is 12.7. The first-order valence-corrected chi connectivity index (χ1v) is 8.04. The minimum atomic E-state index is 0.569. The zero-order valence-corrected chi connectivity index (χ0v) is 14.3. The predicted octanol–water partition coefficient (Wildman–Crippen LogP) is 5.12. The molecule has 0 saturated carbocycles. The largest absolute Gasteiger partial charge is 0.212 e. The van der Waals surface area contributed by atoms with Crippen molar-refractivity contribution in [2.75, 3.05) is 0 Å². The van der Waals surface area contributed by atoms with Crippen LogP contribution in [-0.4, -0.2) is 0 Å². The minimum absolute atomic E-state index is 0.569. The lowest BCUT2D eigenvalue weighted by Gasteiger charge is -2.12. The van der Waals surface area contributed by atoms with Crippen LogP contribution in [0.4, 0.5) is 0 Å². The van der Waals surface area contributed by atoms with Crippen LogP contribution in [0.15, 0.2) is 36.5 Å². The fraction of sp³-hybridized carbons (Fsp3) is 0.450. The molecule has 1 atom stereocenters. The summed E-state index contributed by atoms with van der Waals surface area (Å²) in [4.78, 5) is 0. The Morgan fingerprint density at radius 2 is 1.67 bits per heavy atom. The highest BCUT2D eigenvalue weighted by Gasteiger charge is 2.15. The third kappa shape index (κ3) is 3.34. The molecule has 2 aromatic rings. The first-order chi connectivity index (χ1) is 9.93. The lowest BCUT2D eigenvalue weighted by Crippen LogP contribution is -2.31. The molecule has 21 heavy (non-hydrogen) atoms. The number of benzene rings is 1. The van der Waals surface area contributed by atoms with Crippen LogP contribution in [0.2, 0.25) is 0 Å². The number of rotatable bonds is 4. The van der Waals surface area contributed by atoms with Crippen LogP contribution in [0.1, 0.15) is 62.6 Å². The number of hydrogen-bond donors (Lipinski definition) is 0. The Labute approximate surface area is 129 Å². The topological polar surface area (TPSA) is 3.88 Å². The smallest absolute Gasteiger partial charge is 0.201 e. The van der Waals surface area contributed by atoms with Gasteiger partial charge >= 0.3 is 0 Å². The van der Waals surface area contributed by atoms with Crippen molar-refractivity contribution in [3.63, 3.8) is 0 Å². The van der Waals surface area contributed by atoms with E-state index in [-0.39, 0.29) is 0 Å². The number of nitrogens with zero attached hydrogens (tertiary/aromatic N) is 1. The van der Waals surface area contributed by atoms with Crippen LogP contribution in [-0.2, 0) is 7.05 Å². The second kappa shape index (κ2) is 6.43. The summed E-state index contributed by atoms with van der Waals surface area (Å²) in [5.41, 5.74) is 6.81. The molecule has 0 aliphatic carbocycles. The molecule has 112 valence electrons. The minimum Gasteiger partial charge on any atom is -0.201 e. The molecular formula is C20H28N+. The van der Waals surface area contributed by atoms with E-state index in [1.807, 2.05) is 0 Å². The molecule has 1 heterocycles. The summed E-state index contributed by atoms with van der Waals surface area (Å²) in [6, 6.07) is 11.4. The van der Waals surface area contributed by atoms with Gasteiger partial charge in [0.2, 0.25) is 5.69 Å². The van der Waals surface area contributed by atoms with E-state index >= 15 is 0 Å². The van der Waals surface area contributed by atoms with E-state index < -0.39 is 0 Å². The Balaban J connectivity index is 2.43.